The van der Waals surface area contributed by atoms with Gasteiger partial charge in [0.05, 0.1) is 10.4 Å². The predicted octanol–water partition coefficient (Wildman–Crippen LogP) is 4.38. The number of thiophene rings is 1. The van der Waals surface area contributed by atoms with Gasteiger partial charge in [-0.1, -0.05) is 6.07 Å². The molecule has 1 amide bonds. The molecule has 0 spiro atoms. The lowest BCUT2D eigenvalue weighted by molar-refractivity contribution is 0.0734. The maximum absolute atomic E-state index is 12.0. The number of hydrogen-bond donors (Lipinski definition) is 1. The van der Waals surface area contributed by atoms with Crippen LogP contribution >= 0.6 is 27.3 Å². The number of nitrogens with one attached hydrogen (secondary N) is 1. The van der Waals surface area contributed by atoms with Gasteiger partial charge in [-0.15, -0.1) is 11.3 Å². The Kier molecular flexibility index (Phi) is 5.02. The number of anilines is 1. The number of amides is 1. The number of aromatic nitrogens is 1. The van der Waals surface area contributed by atoms with Crippen molar-refractivity contribution < 1.29 is 14.3 Å². The van der Waals surface area contributed by atoms with Gasteiger partial charge in [0.1, 0.15) is 5.75 Å². The third kappa shape index (κ3) is 4.06. The molecule has 0 aliphatic rings. The molecule has 0 aliphatic carbocycles. The van der Waals surface area contributed by atoms with Crippen molar-refractivity contribution in [2.45, 2.75) is 0 Å². The molecular formula is C17H11BrN2O3S. The topological polar surface area (TPSA) is 68.3 Å². The molecule has 120 valence electrons. The van der Waals surface area contributed by atoms with Crippen LogP contribution in [0.3, 0.4) is 0 Å². The molecule has 0 aliphatic heterocycles. The lowest BCUT2D eigenvalue weighted by atomic mass is 10.2. The number of hydrogen-bond acceptors (Lipinski definition) is 5. The summed E-state index contributed by atoms with van der Waals surface area (Å²) in [6.07, 6.45) is 3.02. The van der Waals surface area contributed by atoms with Gasteiger partial charge in [0.25, 0.3) is 5.91 Å². The number of pyridine rings is 1. The van der Waals surface area contributed by atoms with Gasteiger partial charge in [0, 0.05) is 22.6 Å². The van der Waals surface area contributed by atoms with Crippen LogP contribution in [-0.4, -0.2) is 16.9 Å². The molecule has 0 unspecified atom stereocenters. The number of halogens is 1. The highest BCUT2D eigenvalue weighted by Gasteiger charge is 2.10. The minimum atomic E-state index is -0.501. The summed E-state index contributed by atoms with van der Waals surface area (Å²) in [7, 11) is 0. The van der Waals surface area contributed by atoms with E-state index in [4.69, 9.17) is 4.74 Å². The molecule has 0 saturated carbocycles. The third-order valence-electron chi connectivity index (χ3n) is 3.01. The molecule has 1 N–H and O–H groups in total. The third-order valence-corrected chi connectivity index (χ3v) is 4.31. The van der Waals surface area contributed by atoms with E-state index in [0.29, 0.717) is 26.4 Å². The molecule has 5 nitrogen and oxygen atoms in total. The zero-order chi connectivity index (χ0) is 16.9. The van der Waals surface area contributed by atoms with E-state index in [9.17, 15) is 9.59 Å². The van der Waals surface area contributed by atoms with Gasteiger partial charge in [0.2, 0.25) is 0 Å². The van der Waals surface area contributed by atoms with Crippen molar-refractivity contribution in [1.82, 2.24) is 4.98 Å². The highest BCUT2D eigenvalue weighted by Crippen LogP contribution is 2.19. The van der Waals surface area contributed by atoms with Crippen molar-refractivity contribution in [1.29, 1.82) is 0 Å². The summed E-state index contributed by atoms with van der Waals surface area (Å²) in [5.41, 5.74) is 0.969. The monoisotopic (exact) mass is 402 g/mol. The van der Waals surface area contributed by atoms with Crippen LogP contribution in [0.25, 0.3) is 0 Å². The maximum atomic E-state index is 12.0. The molecule has 3 aromatic rings. The number of nitrogens with zero attached hydrogens (tertiary/aromatic N) is 1. The average molecular weight is 403 g/mol. The lowest BCUT2D eigenvalue weighted by Crippen LogP contribution is -2.11. The number of rotatable bonds is 4. The Labute approximate surface area is 150 Å². The van der Waals surface area contributed by atoms with E-state index in [1.165, 1.54) is 17.5 Å². The first-order chi connectivity index (χ1) is 11.6. The van der Waals surface area contributed by atoms with Crippen molar-refractivity contribution >= 4 is 44.8 Å². The Morgan fingerprint density at radius 2 is 1.92 bits per heavy atom. The Balaban J connectivity index is 1.64. The Morgan fingerprint density at radius 3 is 2.58 bits per heavy atom. The van der Waals surface area contributed by atoms with Crippen LogP contribution in [0.1, 0.15) is 20.0 Å². The predicted molar refractivity (Wildman–Crippen MR) is 95.6 cm³/mol. The zero-order valence-electron chi connectivity index (χ0n) is 12.2. The molecule has 24 heavy (non-hydrogen) atoms. The fraction of sp³-hybridized carbons (Fsp3) is 0. The second kappa shape index (κ2) is 7.37. The fourth-order valence-corrected chi connectivity index (χ4v) is 2.88. The second-order valence-electron chi connectivity index (χ2n) is 4.74. The SMILES string of the molecule is O=C(Oc1ccc(NC(=O)c2cccs2)cc1)c1cncc(Br)c1. The fourth-order valence-electron chi connectivity index (χ4n) is 1.90. The number of ether oxygens (including phenoxy) is 1. The van der Waals surface area contributed by atoms with Gasteiger partial charge in [-0.25, -0.2) is 4.79 Å². The maximum Gasteiger partial charge on any atom is 0.345 e. The first-order valence-electron chi connectivity index (χ1n) is 6.89. The average Bonchev–Trinajstić information content (AvgIpc) is 3.11. The van der Waals surface area contributed by atoms with Gasteiger partial charge in [-0.05, 0) is 57.7 Å². The summed E-state index contributed by atoms with van der Waals surface area (Å²) in [4.78, 5) is 28.5. The van der Waals surface area contributed by atoms with Crippen LogP contribution in [0.4, 0.5) is 5.69 Å². The highest BCUT2D eigenvalue weighted by molar-refractivity contribution is 9.10. The van der Waals surface area contributed by atoms with Crippen molar-refractivity contribution in [2.24, 2.45) is 0 Å². The van der Waals surface area contributed by atoms with Gasteiger partial charge in [0.15, 0.2) is 0 Å². The first kappa shape index (κ1) is 16.4. The van der Waals surface area contributed by atoms with Crippen molar-refractivity contribution in [3.8, 4) is 5.75 Å². The van der Waals surface area contributed by atoms with Crippen LogP contribution in [0, 0.1) is 0 Å². The Bertz CT molecular complexity index is 864. The van der Waals surface area contributed by atoms with Gasteiger partial charge in [-0.2, -0.15) is 0 Å². The van der Waals surface area contributed by atoms with Crippen LogP contribution in [0.2, 0.25) is 0 Å². The van der Waals surface area contributed by atoms with Crippen LogP contribution in [0.5, 0.6) is 5.75 Å². The summed E-state index contributed by atoms with van der Waals surface area (Å²) >= 11 is 4.62. The highest BCUT2D eigenvalue weighted by atomic mass is 79.9. The molecular weight excluding hydrogens is 392 g/mol. The molecule has 0 saturated heterocycles. The normalized spacial score (nSPS) is 10.2. The summed E-state index contributed by atoms with van der Waals surface area (Å²) in [5, 5.41) is 4.62. The zero-order valence-corrected chi connectivity index (χ0v) is 14.6. The number of benzene rings is 1. The standard InChI is InChI=1S/C17H11BrN2O3S/c18-12-8-11(9-19-10-12)17(22)23-14-5-3-13(4-6-14)20-16(21)15-2-1-7-24-15/h1-10H,(H,20,21). The summed E-state index contributed by atoms with van der Waals surface area (Å²) in [6, 6.07) is 11.8. The Hall–Kier alpha value is -2.51. The molecule has 2 aromatic heterocycles. The van der Waals surface area contributed by atoms with E-state index < -0.39 is 5.97 Å². The van der Waals surface area contributed by atoms with E-state index in [-0.39, 0.29) is 5.91 Å². The minimum Gasteiger partial charge on any atom is -0.423 e. The molecule has 1 aromatic carbocycles. The second-order valence-corrected chi connectivity index (χ2v) is 6.60. The molecule has 0 fully saturated rings. The summed E-state index contributed by atoms with van der Waals surface area (Å²) in [6.45, 7) is 0. The Morgan fingerprint density at radius 1 is 1.12 bits per heavy atom. The quantitative estimate of drug-likeness (QED) is 0.519. The van der Waals surface area contributed by atoms with Crippen molar-refractivity contribution in [2.75, 3.05) is 5.32 Å². The van der Waals surface area contributed by atoms with Crippen LogP contribution in [-0.2, 0) is 0 Å². The van der Waals surface area contributed by atoms with E-state index in [2.05, 4.69) is 26.2 Å². The number of carbonyl (C=O) groups is 2. The molecule has 3 rings (SSSR count). The molecule has 0 bridgehead atoms. The molecule has 0 radical (unpaired) electrons. The van der Waals surface area contributed by atoms with E-state index >= 15 is 0 Å². The minimum absolute atomic E-state index is 0.171. The molecule has 7 heteroatoms. The van der Waals surface area contributed by atoms with E-state index in [0.717, 1.165) is 0 Å². The summed E-state index contributed by atoms with van der Waals surface area (Å²) in [5.74, 6) is -0.289. The van der Waals surface area contributed by atoms with Gasteiger partial charge >= 0.3 is 5.97 Å². The lowest BCUT2D eigenvalue weighted by Gasteiger charge is -2.07. The smallest absolute Gasteiger partial charge is 0.345 e. The van der Waals surface area contributed by atoms with Crippen LogP contribution in [0.15, 0.2) is 64.7 Å². The number of esters is 1. The van der Waals surface area contributed by atoms with Crippen LogP contribution < -0.4 is 10.1 Å². The van der Waals surface area contributed by atoms with Gasteiger partial charge < -0.3 is 10.1 Å². The number of carbonyl (C=O) groups excluding carboxylic acids is 2. The largest absolute Gasteiger partial charge is 0.423 e. The van der Waals surface area contributed by atoms with E-state index in [1.807, 2.05) is 11.4 Å². The van der Waals surface area contributed by atoms with E-state index in [1.54, 1.807) is 42.6 Å². The molecule has 2 heterocycles. The first-order valence-corrected chi connectivity index (χ1v) is 8.57. The summed E-state index contributed by atoms with van der Waals surface area (Å²) < 4.78 is 5.97. The molecule has 0 atom stereocenters. The van der Waals surface area contributed by atoms with Crippen molar-refractivity contribution in [3.63, 3.8) is 0 Å². The van der Waals surface area contributed by atoms with Crippen molar-refractivity contribution in [3.05, 3.63) is 75.2 Å². The van der Waals surface area contributed by atoms with Gasteiger partial charge in [-0.3, -0.25) is 9.78 Å².